The summed E-state index contributed by atoms with van der Waals surface area (Å²) in [5, 5.41) is 11.4. The highest BCUT2D eigenvalue weighted by atomic mass is 15.2. The van der Waals surface area contributed by atoms with Gasteiger partial charge >= 0.3 is 0 Å². The van der Waals surface area contributed by atoms with Crippen LogP contribution in [0.4, 0.5) is 5.95 Å². The van der Waals surface area contributed by atoms with E-state index in [2.05, 4.69) is 48.2 Å². The standard InChI is InChI=1S/C11H20N4/c1-5-9-10(6-2)14-15-11(13-9)12-7-8(3)4/h8H,5-7H2,1-4H3,(H,12,13,15). The fourth-order valence-electron chi connectivity index (χ4n) is 1.31. The first-order valence-electron chi connectivity index (χ1n) is 5.63. The van der Waals surface area contributed by atoms with Crippen molar-refractivity contribution < 1.29 is 0 Å². The van der Waals surface area contributed by atoms with Crippen molar-refractivity contribution in [1.29, 1.82) is 0 Å². The zero-order valence-electron chi connectivity index (χ0n) is 10.0. The predicted molar refractivity (Wildman–Crippen MR) is 61.9 cm³/mol. The summed E-state index contributed by atoms with van der Waals surface area (Å²) in [4.78, 5) is 4.45. The average molecular weight is 208 g/mol. The molecule has 0 atom stereocenters. The molecule has 0 saturated carbocycles. The highest BCUT2D eigenvalue weighted by Crippen LogP contribution is 2.07. The molecule has 4 heteroatoms. The first-order chi connectivity index (χ1) is 7.17. The maximum absolute atomic E-state index is 4.45. The molecule has 0 spiro atoms. The fourth-order valence-corrected chi connectivity index (χ4v) is 1.31. The minimum absolute atomic E-state index is 0.588. The Balaban J connectivity index is 2.74. The maximum Gasteiger partial charge on any atom is 0.242 e. The Hall–Kier alpha value is -1.19. The van der Waals surface area contributed by atoms with Crippen LogP contribution in [-0.2, 0) is 12.8 Å². The van der Waals surface area contributed by atoms with Gasteiger partial charge in [-0.1, -0.05) is 27.7 Å². The van der Waals surface area contributed by atoms with Crippen molar-refractivity contribution in [2.24, 2.45) is 5.92 Å². The molecule has 1 aromatic rings. The summed E-state index contributed by atoms with van der Waals surface area (Å²) >= 11 is 0. The summed E-state index contributed by atoms with van der Waals surface area (Å²) in [6.07, 6.45) is 1.81. The molecule has 0 fully saturated rings. The molecule has 0 amide bonds. The SMILES string of the molecule is CCc1nnc(NCC(C)C)nc1CC. The van der Waals surface area contributed by atoms with Crippen LogP contribution in [0.1, 0.15) is 39.1 Å². The second kappa shape index (κ2) is 5.63. The molecule has 0 unspecified atom stereocenters. The molecule has 1 aromatic heterocycles. The van der Waals surface area contributed by atoms with E-state index in [1.807, 2.05) is 0 Å². The monoisotopic (exact) mass is 208 g/mol. The van der Waals surface area contributed by atoms with Crippen LogP contribution in [0.15, 0.2) is 0 Å². The number of rotatable bonds is 5. The van der Waals surface area contributed by atoms with E-state index in [0.29, 0.717) is 11.9 Å². The van der Waals surface area contributed by atoms with Crippen LogP contribution in [0.5, 0.6) is 0 Å². The summed E-state index contributed by atoms with van der Waals surface area (Å²) in [7, 11) is 0. The Labute approximate surface area is 91.5 Å². The van der Waals surface area contributed by atoms with Crippen molar-refractivity contribution in [2.75, 3.05) is 11.9 Å². The lowest BCUT2D eigenvalue weighted by atomic mass is 10.2. The van der Waals surface area contributed by atoms with Crippen molar-refractivity contribution in [3.63, 3.8) is 0 Å². The summed E-state index contributed by atoms with van der Waals surface area (Å²) in [5.74, 6) is 1.24. The Bertz CT molecular complexity index is 309. The van der Waals surface area contributed by atoms with Gasteiger partial charge in [-0.25, -0.2) is 4.98 Å². The quantitative estimate of drug-likeness (QED) is 0.804. The van der Waals surface area contributed by atoms with E-state index in [4.69, 9.17) is 0 Å². The average Bonchev–Trinajstić information content (AvgIpc) is 2.25. The smallest absolute Gasteiger partial charge is 0.242 e. The topological polar surface area (TPSA) is 50.7 Å². The van der Waals surface area contributed by atoms with Gasteiger partial charge in [0.2, 0.25) is 5.95 Å². The van der Waals surface area contributed by atoms with Crippen LogP contribution in [-0.4, -0.2) is 21.7 Å². The molecule has 0 saturated heterocycles. The van der Waals surface area contributed by atoms with Gasteiger partial charge < -0.3 is 5.32 Å². The fraction of sp³-hybridized carbons (Fsp3) is 0.727. The molecule has 4 nitrogen and oxygen atoms in total. The molecule has 0 aliphatic rings. The van der Waals surface area contributed by atoms with E-state index < -0.39 is 0 Å². The van der Waals surface area contributed by atoms with Gasteiger partial charge in [-0.3, -0.25) is 0 Å². The highest BCUT2D eigenvalue weighted by molar-refractivity contribution is 5.25. The molecular weight excluding hydrogens is 188 g/mol. The largest absolute Gasteiger partial charge is 0.353 e. The predicted octanol–water partition coefficient (Wildman–Crippen LogP) is 2.06. The number of hydrogen-bond acceptors (Lipinski definition) is 4. The normalized spacial score (nSPS) is 10.7. The van der Waals surface area contributed by atoms with Crippen molar-refractivity contribution >= 4 is 5.95 Å². The Morgan fingerprint density at radius 1 is 1.07 bits per heavy atom. The van der Waals surface area contributed by atoms with Gasteiger partial charge in [0.25, 0.3) is 0 Å². The lowest BCUT2D eigenvalue weighted by Gasteiger charge is -2.09. The van der Waals surface area contributed by atoms with Crippen LogP contribution < -0.4 is 5.32 Å². The van der Waals surface area contributed by atoms with Gasteiger partial charge in [-0.2, -0.15) is 5.10 Å². The van der Waals surface area contributed by atoms with E-state index in [0.717, 1.165) is 30.8 Å². The lowest BCUT2D eigenvalue weighted by Crippen LogP contribution is -2.13. The van der Waals surface area contributed by atoms with Gasteiger partial charge in [-0.05, 0) is 18.8 Å². The molecule has 1 rings (SSSR count). The van der Waals surface area contributed by atoms with E-state index in [1.165, 1.54) is 0 Å². The second-order valence-electron chi connectivity index (χ2n) is 4.01. The molecule has 0 bridgehead atoms. The summed E-state index contributed by atoms with van der Waals surface area (Å²) in [6, 6.07) is 0. The summed E-state index contributed by atoms with van der Waals surface area (Å²) in [6.45, 7) is 9.36. The maximum atomic E-state index is 4.45. The van der Waals surface area contributed by atoms with Gasteiger partial charge in [0.05, 0.1) is 11.4 Å². The Kier molecular flexibility index (Phi) is 4.46. The van der Waals surface area contributed by atoms with E-state index in [-0.39, 0.29) is 0 Å². The third kappa shape index (κ3) is 3.46. The third-order valence-corrected chi connectivity index (χ3v) is 2.18. The number of anilines is 1. The van der Waals surface area contributed by atoms with Crippen LogP contribution in [0.2, 0.25) is 0 Å². The van der Waals surface area contributed by atoms with Crippen molar-refractivity contribution in [2.45, 2.75) is 40.5 Å². The zero-order chi connectivity index (χ0) is 11.3. The van der Waals surface area contributed by atoms with Gasteiger partial charge in [-0.15, -0.1) is 5.10 Å². The Morgan fingerprint density at radius 3 is 2.27 bits per heavy atom. The Morgan fingerprint density at radius 2 is 1.73 bits per heavy atom. The minimum Gasteiger partial charge on any atom is -0.353 e. The first kappa shape index (κ1) is 11.9. The van der Waals surface area contributed by atoms with Crippen LogP contribution in [0, 0.1) is 5.92 Å². The van der Waals surface area contributed by atoms with Crippen LogP contribution in [0.25, 0.3) is 0 Å². The molecule has 1 heterocycles. The van der Waals surface area contributed by atoms with E-state index in [9.17, 15) is 0 Å². The molecule has 15 heavy (non-hydrogen) atoms. The number of hydrogen-bond donors (Lipinski definition) is 1. The summed E-state index contributed by atoms with van der Waals surface area (Å²) in [5.41, 5.74) is 2.06. The van der Waals surface area contributed by atoms with Crippen molar-refractivity contribution in [1.82, 2.24) is 15.2 Å². The number of aromatic nitrogens is 3. The zero-order valence-corrected chi connectivity index (χ0v) is 10.0. The van der Waals surface area contributed by atoms with Crippen LogP contribution >= 0.6 is 0 Å². The van der Waals surface area contributed by atoms with E-state index >= 15 is 0 Å². The molecule has 84 valence electrons. The number of aryl methyl sites for hydroxylation is 2. The number of nitrogens with one attached hydrogen (secondary N) is 1. The van der Waals surface area contributed by atoms with Crippen LogP contribution in [0.3, 0.4) is 0 Å². The molecule has 0 aliphatic carbocycles. The third-order valence-electron chi connectivity index (χ3n) is 2.18. The van der Waals surface area contributed by atoms with E-state index in [1.54, 1.807) is 0 Å². The summed E-state index contributed by atoms with van der Waals surface area (Å²) < 4.78 is 0. The van der Waals surface area contributed by atoms with Gasteiger partial charge in [0.15, 0.2) is 0 Å². The molecular formula is C11H20N4. The lowest BCUT2D eigenvalue weighted by molar-refractivity contribution is 0.679. The molecule has 0 aliphatic heterocycles. The molecule has 0 aromatic carbocycles. The second-order valence-corrected chi connectivity index (χ2v) is 4.01. The number of nitrogens with zero attached hydrogens (tertiary/aromatic N) is 3. The van der Waals surface area contributed by atoms with Crippen molar-refractivity contribution in [3.05, 3.63) is 11.4 Å². The highest BCUT2D eigenvalue weighted by Gasteiger charge is 2.05. The van der Waals surface area contributed by atoms with Gasteiger partial charge in [0, 0.05) is 6.54 Å². The molecule has 1 N–H and O–H groups in total. The molecule has 0 radical (unpaired) electrons. The minimum atomic E-state index is 0.588. The van der Waals surface area contributed by atoms with Crippen molar-refractivity contribution in [3.8, 4) is 0 Å². The first-order valence-corrected chi connectivity index (χ1v) is 5.63. The van der Waals surface area contributed by atoms with Gasteiger partial charge in [0.1, 0.15) is 0 Å².